The zero-order chi connectivity index (χ0) is 22.9. The van der Waals surface area contributed by atoms with Gasteiger partial charge in [0, 0.05) is 5.02 Å². The third-order valence-electron chi connectivity index (χ3n) is 4.80. The van der Waals surface area contributed by atoms with Crippen LogP contribution in [0.3, 0.4) is 0 Å². The lowest BCUT2D eigenvalue weighted by Gasteiger charge is -2.16. The van der Waals surface area contributed by atoms with Gasteiger partial charge in [0.2, 0.25) is 0 Å². The maximum absolute atomic E-state index is 13.0. The van der Waals surface area contributed by atoms with Gasteiger partial charge in [-0.1, -0.05) is 35.4 Å². The van der Waals surface area contributed by atoms with E-state index in [4.69, 9.17) is 16.3 Å². The van der Waals surface area contributed by atoms with Gasteiger partial charge in [-0.3, -0.25) is 4.72 Å². The summed E-state index contributed by atoms with van der Waals surface area (Å²) in [5.74, 6) is 0.802. The van der Waals surface area contributed by atoms with Crippen molar-refractivity contribution in [3.63, 3.8) is 0 Å². The van der Waals surface area contributed by atoms with Crippen molar-refractivity contribution >= 4 is 50.0 Å². The number of nitrogens with one attached hydrogen (secondary N) is 2. The van der Waals surface area contributed by atoms with Crippen molar-refractivity contribution in [2.75, 3.05) is 17.1 Å². The molecule has 2 N–H and O–H groups in total. The van der Waals surface area contributed by atoms with Crippen LogP contribution in [0, 0.1) is 13.8 Å². The Kier molecular flexibility index (Phi) is 5.90. The molecule has 0 saturated heterocycles. The highest BCUT2D eigenvalue weighted by molar-refractivity contribution is 7.92. The van der Waals surface area contributed by atoms with Crippen molar-refractivity contribution < 1.29 is 13.2 Å². The first-order valence-corrected chi connectivity index (χ1v) is 11.6. The third kappa shape index (κ3) is 4.61. The monoisotopic (exact) mass is 468 g/mol. The van der Waals surface area contributed by atoms with Crippen molar-refractivity contribution in [3.8, 4) is 5.75 Å². The second-order valence-electron chi connectivity index (χ2n) is 7.30. The fourth-order valence-corrected chi connectivity index (χ4v) is 4.31. The van der Waals surface area contributed by atoms with E-state index >= 15 is 0 Å². The van der Waals surface area contributed by atoms with Crippen LogP contribution < -0.4 is 14.8 Å². The third-order valence-corrected chi connectivity index (χ3v) is 6.39. The molecule has 0 fully saturated rings. The normalized spacial score (nSPS) is 11.4. The summed E-state index contributed by atoms with van der Waals surface area (Å²) >= 11 is 6.15. The van der Waals surface area contributed by atoms with Crippen LogP contribution in [0.2, 0.25) is 5.02 Å². The summed E-state index contributed by atoms with van der Waals surface area (Å²) in [6.07, 6.45) is 0. The number of aromatic nitrogens is 2. The Balaban J connectivity index is 1.83. The van der Waals surface area contributed by atoms with Gasteiger partial charge in [0.25, 0.3) is 10.0 Å². The van der Waals surface area contributed by atoms with Gasteiger partial charge in [-0.2, -0.15) is 0 Å². The molecule has 164 valence electrons. The smallest absolute Gasteiger partial charge is 0.263 e. The summed E-state index contributed by atoms with van der Waals surface area (Å²) in [5.41, 5.74) is 3.66. The average molecular weight is 469 g/mol. The molecule has 4 rings (SSSR count). The van der Waals surface area contributed by atoms with E-state index in [1.54, 1.807) is 48.5 Å². The summed E-state index contributed by atoms with van der Waals surface area (Å²) in [6, 6.07) is 17.2. The lowest BCUT2D eigenvalue weighted by Crippen LogP contribution is -2.16. The van der Waals surface area contributed by atoms with Crippen molar-refractivity contribution in [2.24, 2.45) is 0 Å². The zero-order valence-electron chi connectivity index (χ0n) is 17.7. The lowest BCUT2D eigenvalue weighted by molar-refractivity contribution is 0.417. The Labute approximate surface area is 191 Å². The number of nitrogens with zero attached hydrogens (tertiary/aromatic N) is 2. The molecule has 0 unspecified atom stereocenters. The molecule has 0 amide bonds. The maximum Gasteiger partial charge on any atom is 0.263 e. The number of benzene rings is 3. The highest BCUT2D eigenvalue weighted by Gasteiger charge is 2.20. The number of sulfonamides is 1. The first kappa shape index (κ1) is 21.9. The summed E-state index contributed by atoms with van der Waals surface area (Å²) in [4.78, 5) is 9.28. The highest BCUT2D eigenvalue weighted by Crippen LogP contribution is 2.33. The molecule has 0 aliphatic rings. The predicted molar refractivity (Wildman–Crippen MR) is 128 cm³/mol. The quantitative estimate of drug-likeness (QED) is 0.390. The van der Waals surface area contributed by atoms with Crippen LogP contribution >= 0.6 is 11.6 Å². The van der Waals surface area contributed by atoms with E-state index in [-0.39, 0.29) is 16.5 Å². The Bertz CT molecular complexity index is 1410. The highest BCUT2D eigenvalue weighted by atomic mass is 35.5. The minimum Gasteiger partial charge on any atom is -0.495 e. The molecule has 0 aliphatic carbocycles. The van der Waals surface area contributed by atoms with Crippen molar-refractivity contribution in [1.82, 2.24) is 9.97 Å². The molecule has 0 saturated carbocycles. The minimum atomic E-state index is -3.90. The summed E-state index contributed by atoms with van der Waals surface area (Å²) in [7, 11) is -2.36. The van der Waals surface area contributed by atoms with Gasteiger partial charge in [0.05, 0.1) is 28.7 Å². The molecule has 0 spiro atoms. The number of aryl methyl sites for hydroxylation is 2. The number of hydrogen-bond acceptors (Lipinski definition) is 6. The standard InChI is InChI=1S/C23H21ClN4O3S/c1-14-4-8-17(9-5-14)32(29,30)28-23-22(26-19-12-15(2)6-10-18(19)25-23)27-20-13-16(24)7-11-21(20)31-3/h4-13H,1-3H3,(H,25,28)(H,26,27). The van der Waals surface area contributed by atoms with Crippen LogP contribution in [0.25, 0.3) is 11.0 Å². The number of halogens is 1. The van der Waals surface area contributed by atoms with E-state index in [0.717, 1.165) is 11.1 Å². The molecule has 9 heteroatoms. The van der Waals surface area contributed by atoms with Crippen LogP contribution in [-0.2, 0) is 10.0 Å². The van der Waals surface area contributed by atoms with Gasteiger partial charge in [-0.25, -0.2) is 18.4 Å². The van der Waals surface area contributed by atoms with Crippen LogP contribution in [0.15, 0.2) is 65.6 Å². The second-order valence-corrected chi connectivity index (χ2v) is 9.42. The molecule has 3 aromatic carbocycles. The maximum atomic E-state index is 13.0. The van der Waals surface area contributed by atoms with E-state index in [0.29, 0.717) is 27.5 Å². The van der Waals surface area contributed by atoms with Crippen LogP contribution in [0.1, 0.15) is 11.1 Å². The summed E-state index contributed by atoms with van der Waals surface area (Å²) in [6.45, 7) is 3.84. The van der Waals surface area contributed by atoms with Gasteiger partial charge in [-0.15, -0.1) is 0 Å². The van der Waals surface area contributed by atoms with E-state index < -0.39 is 10.0 Å². The van der Waals surface area contributed by atoms with Crippen LogP contribution in [-0.4, -0.2) is 25.5 Å². The number of ether oxygens (including phenoxy) is 1. The van der Waals surface area contributed by atoms with E-state index in [9.17, 15) is 8.42 Å². The first-order chi connectivity index (χ1) is 15.2. The minimum absolute atomic E-state index is 0.0592. The largest absolute Gasteiger partial charge is 0.495 e. The molecule has 0 radical (unpaired) electrons. The second kappa shape index (κ2) is 8.64. The summed E-state index contributed by atoms with van der Waals surface area (Å²) in [5, 5.41) is 3.60. The fourth-order valence-electron chi connectivity index (χ4n) is 3.13. The van der Waals surface area contributed by atoms with Gasteiger partial charge >= 0.3 is 0 Å². The number of rotatable bonds is 6. The number of methoxy groups -OCH3 is 1. The van der Waals surface area contributed by atoms with Gasteiger partial charge in [0.15, 0.2) is 11.6 Å². The van der Waals surface area contributed by atoms with Gasteiger partial charge < -0.3 is 10.1 Å². The Morgan fingerprint density at radius 3 is 2.25 bits per heavy atom. The Hall–Kier alpha value is -3.36. The molecule has 7 nitrogen and oxygen atoms in total. The van der Waals surface area contributed by atoms with E-state index in [2.05, 4.69) is 20.0 Å². The summed E-state index contributed by atoms with van der Waals surface area (Å²) < 4.78 is 34.0. The number of anilines is 3. The SMILES string of the molecule is COc1ccc(Cl)cc1Nc1nc2cc(C)ccc2nc1NS(=O)(=O)c1ccc(C)cc1. The lowest BCUT2D eigenvalue weighted by atomic mass is 10.2. The average Bonchev–Trinajstić information content (AvgIpc) is 2.74. The molecule has 0 atom stereocenters. The van der Waals surface area contributed by atoms with Crippen LogP contribution in [0.4, 0.5) is 17.3 Å². The predicted octanol–water partition coefficient (Wildman–Crippen LogP) is 5.45. The molecule has 32 heavy (non-hydrogen) atoms. The first-order valence-electron chi connectivity index (χ1n) is 9.73. The molecule has 1 aromatic heterocycles. The number of fused-ring (bicyclic) bond motifs is 1. The molecule has 0 bridgehead atoms. The Morgan fingerprint density at radius 2 is 1.53 bits per heavy atom. The molecule has 0 aliphatic heterocycles. The van der Waals surface area contributed by atoms with Crippen molar-refractivity contribution in [3.05, 3.63) is 76.8 Å². The van der Waals surface area contributed by atoms with Gasteiger partial charge in [0.1, 0.15) is 5.75 Å². The zero-order valence-corrected chi connectivity index (χ0v) is 19.3. The van der Waals surface area contributed by atoms with E-state index in [1.165, 1.54) is 7.11 Å². The van der Waals surface area contributed by atoms with Crippen molar-refractivity contribution in [1.29, 1.82) is 0 Å². The number of hydrogen-bond donors (Lipinski definition) is 2. The molecule has 4 aromatic rings. The van der Waals surface area contributed by atoms with Crippen LogP contribution in [0.5, 0.6) is 5.75 Å². The fraction of sp³-hybridized carbons (Fsp3) is 0.130. The van der Waals surface area contributed by atoms with E-state index in [1.807, 2.05) is 26.0 Å². The Morgan fingerprint density at radius 1 is 0.844 bits per heavy atom. The molecule has 1 heterocycles. The molecular formula is C23H21ClN4O3S. The van der Waals surface area contributed by atoms with Gasteiger partial charge in [-0.05, 0) is 61.9 Å². The van der Waals surface area contributed by atoms with Crippen molar-refractivity contribution in [2.45, 2.75) is 18.7 Å². The topological polar surface area (TPSA) is 93.2 Å². The molecular weight excluding hydrogens is 448 g/mol.